The van der Waals surface area contributed by atoms with E-state index >= 15 is 4.39 Å². The first-order valence-corrected chi connectivity index (χ1v) is 10.4. The number of aromatic nitrogens is 5. The molecule has 0 amide bonds. The fraction of sp³-hybridized carbons (Fsp3) is 0.381. The van der Waals surface area contributed by atoms with Crippen molar-refractivity contribution in [3.05, 3.63) is 36.3 Å². The summed E-state index contributed by atoms with van der Waals surface area (Å²) in [7, 11) is 2.86. The molecule has 8 nitrogen and oxygen atoms in total. The molecule has 0 aliphatic carbocycles. The van der Waals surface area contributed by atoms with Crippen LogP contribution >= 0.6 is 0 Å². The molecule has 4 aromatic rings. The normalized spacial score (nSPS) is 18.3. The van der Waals surface area contributed by atoms with Crippen LogP contribution in [0.3, 0.4) is 0 Å². The monoisotopic (exact) mass is 481 g/mol. The molecule has 1 unspecified atom stereocenters. The van der Waals surface area contributed by atoms with Gasteiger partial charge in [-0.1, -0.05) is 0 Å². The average Bonchev–Trinajstić information content (AvgIpc) is 3.40. The van der Waals surface area contributed by atoms with E-state index < -0.39 is 36.8 Å². The molecule has 3 aromatic heterocycles. The van der Waals surface area contributed by atoms with Gasteiger partial charge in [0.1, 0.15) is 23.7 Å². The number of alkyl halides is 3. The zero-order chi connectivity index (χ0) is 24.2. The molecule has 0 radical (unpaired) electrons. The van der Waals surface area contributed by atoms with E-state index in [4.69, 9.17) is 4.74 Å². The van der Waals surface area contributed by atoms with Crippen molar-refractivity contribution < 1.29 is 26.7 Å². The third-order valence-electron chi connectivity index (χ3n) is 5.83. The molecule has 1 atom stereocenters. The quantitative estimate of drug-likeness (QED) is 0.426. The number of benzene rings is 1. The van der Waals surface area contributed by atoms with Crippen LogP contribution in [-0.2, 0) is 6.54 Å². The zero-order valence-corrected chi connectivity index (χ0v) is 18.2. The Balaban J connectivity index is 1.62. The molecule has 1 aliphatic heterocycles. The van der Waals surface area contributed by atoms with Gasteiger partial charge < -0.3 is 14.6 Å². The van der Waals surface area contributed by atoms with Gasteiger partial charge in [0.05, 0.1) is 43.8 Å². The van der Waals surface area contributed by atoms with Crippen molar-refractivity contribution in [3.63, 3.8) is 0 Å². The second-order valence-electron chi connectivity index (χ2n) is 8.20. The Morgan fingerprint density at radius 2 is 2.03 bits per heavy atom. The predicted molar refractivity (Wildman–Crippen MR) is 114 cm³/mol. The molecule has 4 heterocycles. The standard InChI is InChI=1S/C21H20F5N7O/c1-31-8-15(21(25,26)9-31)28-20-29-19(34-2)18-16(13(24)7-33(18)30-20)11-5-12(23)17-14(6-11)32(4-3-22)10-27-17/h5-7,10,15H,3-4,8-9H2,1-2H3,(H,28,30). The lowest BCUT2D eigenvalue weighted by Gasteiger charge is -2.19. The number of imidazole rings is 1. The number of nitrogens with zero attached hydrogens (tertiary/aromatic N) is 6. The minimum absolute atomic E-state index is 0.0262. The highest BCUT2D eigenvalue weighted by atomic mass is 19.3. The van der Waals surface area contributed by atoms with Gasteiger partial charge in [0, 0.05) is 6.54 Å². The van der Waals surface area contributed by atoms with E-state index in [2.05, 4.69) is 20.4 Å². The topological polar surface area (TPSA) is 72.5 Å². The minimum Gasteiger partial charge on any atom is -0.479 e. The Kier molecular flexibility index (Phi) is 5.30. The molecule has 0 bridgehead atoms. The lowest BCUT2D eigenvalue weighted by Crippen LogP contribution is -2.38. The molecule has 1 aromatic carbocycles. The number of fused-ring (bicyclic) bond motifs is 2. The number of halogens is 5. The molecule has 13 heteroatoms. The number of ether oxygens (including phenoxy) is 1. The van der Waals surface area contributed by atoms with E-state index in [9.17, 15) is 17.6 Å². The molecule has 5 rings (SSSR count). The van der Waals surface area contributed by atoms with Gasteiger partial charge in [0.2, 0.25) is 11.8 Å². The second kappa shape index (κ2) is 8.08. The summed E-state index contributed by atoms with van der Waals surface area (Å²) < 4.78 is 79.1. The molecule has 34 heavy (non-hydrogen) atoms. The first-order chi connectivity index (χ1) is 16.2. The highest BCUT2D eigenvalue weighted by Crippen LogP contribution is 2.37. The van der Waals surface area contributed by atoms with Crippen LogP contribution in [0.1, 0.15) is 0 Å². The van der Waals surface area contributed by atoms with Crippen LogP contribution in [-0.4, -0.2) is 74.9 Å². The van der Waals surface area contributed by atoms with E-state index in [1.807, 2.05) is 0 Å². The highest BCUT2D eigenvalue weighted by Gasteiger charge is 2.47. The zero-order valence-electron chi connectivity index (χ0n) is 18.2. The predicted octanol–water partition coefficient (Wildman–Crippen LogP) is 3.36. The highest BCUT2D eigenvalue weighted by molar-refractivity contribution is 5.90. The number of methoxy groups -OCH3 is 1. The average molecular weight is 481 g/mol. The van der Waals surface area contributed by atoms with Gasteiger partial charge in [-0.2, -0.15) is 4.98 Å². The van der Waals surface area contributed by atoms with Gasteiger partial charge in [-0.25, -0.2) is 31.5 Å². The molecule has 1 aliphatic rings. The van der Waals surface area contributed by atoms with E-state index in [0.717, 1.165) is 16.8 Å². The van der Waals surface area contributed by atoms with Gasteiger partial charge in [-0.05, 0) is 24.7 Å². The van der Waals surface area contributed by atoms with Crippen LogP contribution in [0, 0.1) is 11.6 Å². The summed E-state index contributed by atoms with van der Waals surface area (Å²) in [5.74, 6) is -4.75. The van der Waals surface area contributed by atoms with Crippen LogP contribution in [0.2, 0.25) is 0 Å². The molecule has 0 saturated carbocycles. The lowest BCUT2D eigenvalue weighted by molar-refractivity contribution is 0.00583. The summed E-state index contributed by atoms with van der Waals surface area (Å²) in [6.45, 7) is -1.08. The number of hydrogen-bond acceptors (Lipinski definition) is 6. The molecule has 180 valence electrons. The Morgan fingerprint density at radius 1 is 1.24 bits per heavy atom. The Hall–Kier alpha value is -3.48. The van der Waals surface area contributed by atoms with Gasteiger partial charge >= 0.3 is 0 Å². The van der Waals surface area contributed by atoms with Crippen molar-refractivity contribution >= 4 is 22.5 Å². The van der Waals surface area contributed by atoms with E-state index in [1.165, 1.54) is 29.0 Å². The number of likely N-dealkylation sites (tertiary alicyclic amines) is 1. The lowest BCUT2D eigenvalue weighted by atomic mass is 10.1. The van der Waals surface area contributed by atoms with Crippen LogP contribution in [0.4, 0.5) is 27.9 Å². The molecule has 1 saturated heterocycles. The van der Waals surface area contributed by atoms with Crippen molar-refractivity contribution in [1.82, 2.24) is 29.0 Å². The van der Waals surface area contributed by atoms with Crippen molar-refractivity contribution in [2.45, 2.75) is 18.5 Å². The summed E-state index contributed by atoms with van der Waals surface area (Å²) in [6.07, 6.45) is 2.34. The number of aryl methyl sites for hydroxylation is 1. The second-order valence-corrected chi connectivity index (χ2v) is 8.20. The Morgan fingerprint density at radius 3 is 2.71 bits per heavy atom. The fourth-order valence-corrected chi connectivity index (χ4v) is 4.32. The number of nitrogens with one attached hydrogen (secondary N) is 1. The molecular weight excluding hydrogens is 461 g/mol. The van der Waals surface area contributed by atoms with Crippen LogP contribution in [0.15, 0.2) is 24.7 Å². The number of anilines is 1. The fourth-order valence-electron chi connectivity index (χ4n) is 4.32. The van der Waals surface area contributed by atoms with Crippen molar-refractivity contribution in [1.29, 1.82) is 0 Å². The van der Waals surface area contributed by atoms with Gasteiger partial charge in [0.15, 0.2) is 11.6 Å². The van der Waals surface area contributed by atoms with Gasteiger partial charge in [-0.3, -0.25) is 4.90 Å². The van der Waals surface area contributed by atoms with Gasteiger partial charge in [0.25, 0.3) is 5.92 Å². The van der Waals surface area contributed by atoms with Crippen LogP contribution in [0.5, 0.6) is 5.88 Å². The van der Waals surface area contributed by atoms with Crippen LogP contribution in [0.25, 0.3) is 27.7 Å². The number of rotatable bonds is 6. The van der Waals surface area contributed by atoms with Gasteiger partial charge in [-0.15, -0.1) is 5.10 Å². The first-order valence-electron chi connectivity index (χ1n) is 10.4. The summed E-state index contributed by atoms with van der Waals surface area (Å²) >= 11 is 0. The largest absolute Gasteiger partial charge is 0.479 e. The smallest absolute Gasteiger partial charge is 0.281 e. The SMILES string of the molecule is COc1nc(NC2CN(C)CC2(F)F)nn2cc(F)c(-c3cc(F)c4ncn(CCF)c4c3)c12. The summed E-state index contributed by atoms with van der Waals surface area (Å²) in [4.78, 5) is 9.58. The minimum atomic E-state index is -3.01. The van der Waals surface area contributed by atoms with E-state index in [0.29, 0.717) is 0 Å². The third kappa shape index (κ3) is 3.59. The third-order valence-corrected chi connectivity index (χ3v) is 5.83. The van der Waals surface area contributed by atoms with E-state index in [-0.39, 0.29) is 52.6 Å². The maximum absolute atomic E-state index is 15.1. The van der Waals surface area contributed by atoms with E-state index in [1.54, 1.807) is 7.05 Å². The molecular formula is C21H20F5N7O. The van der Waals surface area contributed by atoms with Crippen LogP contribution < -0.4 is 10.1 Å². The summed E-state index contributed by atoms with van der Waals surface area (Å²) in [5, 5.41) is 6.73. The maximum Gasteiger partial charge on any atom is 0.281 e. The molecule has 0 spiro atoms. The number of hydrogen-bond donors (Lipinski definition) is 1. The Labute approximate surface area is 189 Å². The molecule has 1 fully saturated rings. The summed E-state index contributed by atoms with van der Waals surface area (Å²) in [6, 6.07) is 1.35. The van der Waals surface area contributed by atoms with Crippen molar-refractivity contribution in [2.24, 2.45) is 0 Å². The summed E-state index contributed by atoms with van der Waals surface area (Å²) in [5.41, 5.74) is 0.479. The Bertz CT molecular complexity index is 1390. The van der Waals surface area contributed by atoms with Crippen molar-refractivity contribution in [3.8, 4) is 17.0 Å². The van der Waals surface area contributed by atoms with Crippen molar-refractivity contribution in [2.75, 3.05) is 39.2 Å². The first kappa shape index (κ1) is 22.3. The maximum atomic E-state index is 15.1. The molecule has 1 N–H and O–H groups in total. The number of likely N-dealkylation sites (N-methyl/N-ethyl adjacent to an activating group) is 1.